The Kier molecular flexibility index (Phi) is 7.87. The number of ether oxygens (including phenoxy) is 1. The zero-order valence-corrected chi connectivity index (χ0v) is 18.9. The smallest absolute Gasteiger partial charge is 0.416 e. The normalized spacial score (nSPS) is 19.5. The molecule has 2 heterocycles. The lowest BCUT2D eigenvalue weighted by Crippen LogP contribution is -2.44. The summed E-state index contributed by atoms with van der Waals surface area (Å²) in [4.78, 5) is 22.1. The molecule has 1 aromatic rings. The number of piperidine rings is 1. The Morgan fingerprint density at radius 1 is 1.32 bits per heavy atom. The summed E-state index contributed by atoms with van der Waals surface area (Å²) < 4.78 is 5.74. The van der Waals surface area contributed by atoms with Gasteiger partial charge >= 0.3 is 6.09 Å². The summed E-state index contributed by atoms with van der Waals surface area (Å²) in [7, 11) is 0. The van der Waals surface area contributed by atoms with Crippen molar-refractivity contribution in [3.63, 3.8) is 0 Å². The number of likely N-dealkylation sites (tertiary alicyclic amines) is 1. The molecular weight excluding hydrogens is 350 g/mol. The van der Waals surface area contributed by atoms with E-state index in [4.69, 9.17) is 4.74 Å². The van der Waals surface area contributed by atoms with Crippen LogP contribution >= 0.6 is 0 Å². The van der Waals surface area contributed by atoms with Crippen molar-refractivity contribution in [1.82, 2.24) is 9.88 Å². The standard InChI is InChI=1S/C23H39N3O2/c1-8-18(4)26(22(27)28-23(5,6)7)21-19(12-11-14-24-21)20-13-9-10-15-25(20)16-17(2)3/h11-12,14,17-18,20H,8-10,13,15-16H2,1-7H3/t18-,20-/m1/s1. The number of hydrogen-bond donors (Lipinski definition) is 0. The van der Waals surface area contributed by atoms with Crippen molar-refractivity contribution in [3.05, 3.63) is 23.9 Å². The minimum atomic E-state index is -0.535. The van der Waals surface area contributed by atoms with Crippen LogP contribution in [0.5, 0.6) is 0 Å². The zero-order chi connectivity index (χ0) is 20.9. The largest absolute Gasteiger partial charge is 0.443 e. The highest BCUT2D eigenvalue weighted by atomic mass is 16.6. The lowest BCUT2D eigenvalue weighted by molar-refractivity contribution is 0.0564. The number of anilines is 1. The highest BCUT2D eigenvalue weighted by molar-refractivity contribution is 5.88. The zero-order valence-electron chi connectivity index (χ0n) is 18.9. The van der Waals surface area contributed by atoms with Gasteiger partial charge in [0, 0.05) is 30.4 Å². The van der Waals surface area contributed by atoms with E-state index in [0.29, 0.717) is 12.0 Å². The fourth-order valence-corrected chi connectivity index (χ4v) is 3.87. The van der Waals surface area contributed by atoms with E-state index in [1.807, 2.05) is 26.8 Å². The van der Waals surface area contributed by atoms with E-state index in [0.717, 1.165) is 37.3 Å². The number of nitrogens with zero attached hydrogens (tertiary/aromatic N) is 3. The number of hydrogen-bond acceptors (Lipinski definition) is 4. The summed E-state index contributed by atoms with van der Waals surface area (Å²) in [5, 5.41) is 0. The molecule has 1 aliphatic rings. The SMILES string of the molecule is CC[C@@H](C)N(C(=O)OC(C)(C)C)c1ncccc1[C@H]1CCCCN1CC(C)C. The molecule has 158 valence electrons. The molecule has 0 radical (unpaired) electrons. The Labute approximate surface area is 171 Å². The van der Waals surface area contributed by atoms with Gasteiger partial charge in [-0.25, -0.2) is 9.78 Å². The molecule has 1 saturated heterocycles. The highest BCUT2D eigenvalue weighted by Crippen LogP contribution is 2.37. The molecule has 0 bridgehead atoms. The van der Waals surface area contributed by atoms with Crippen LogP contribution in [-0.2, 0) is 4.74 Å². The Morgan fingerprint density at radius 2 is 2.04 bits per heavy atom. The van der Waals surface area contributed by atoms with E-state index < -0.39 is 5.60 Å². The summed E-state index contributed by atoms with van der Waals surface area (Å²) in [5.74, 6) is 1.36. The number of pyridine rings is 1. The van der Waals surface area contributed by atoms with Crippen molar-refractivity contribution in [1.29, 1.82) is 0 Å². The van der Waals surface area contributed by atoms with Gasteiger partial charge < -0.3 is 4.74 Å². The van der Waals surface area contributed by atoms with Gasteiger partial charge in [0.05, 0.1) is 0 Å². The van der Waals surface area contributed by atoms with E-state index in [-0.39, 0.29) is 12.1 Å². The Bertz CT molecular complexity index is 639. The van der Waals surface area contributed by atoms with Crippen LogP contribution in [0.1, 0.15) is 85.8 Å². The Balaban J connectivity index is 2.44. The number of amides is 1. The van der Waals surface area contributed by atoms with Crippen molar-refractivity contribution < 1.29 is 9.53 Å². The fraction of sp³-hybridized carbons (Fsp3) is 0.739. The van der Waals surface area contributed by atoms with Gasteiger partial charge in [-0.2, -0.15) is 0 Å². The molecule has 2 rings (SSSR count). The molecule has 1 aromatic heterocycles. The van der Waals surface area contributed by atoms with Crippen LogP contribution in [0.4, 0.5) is 10.6 Å². The average molecular weight is 390 g/mol. The van der Waals surface area contributed by atoms with E-state index in [1.165, 1.54) is 12.8 Å². The molecule has 5 nitrogen and oxygen atoms in total. The molecule has 0 saturated carbocycles. The molecule has 5 heteroatoms. The van der Waals surface area contributed by atoms with Gasteiger partial charge in [0.15, 0.2) is 0 Å². The maximum absolute atomic E-state index is 13.1. The van der Waals surface area contributed by atoms with Gasteiger partial charge in [0.25, 0.3) is 0 Å². The highest BCUT2D eigenvalue weighted by Gasteiger charge is 2.33. The molecular formula is C23H39N3O2. The Hall–Kier alpha value is -1.62. The molecule has 2 atom stereocenters. The third-order valence-corrected chi connectivity index (χ3v) is 5.24. The van der Waals surface area contributed by atoms with Gasteiger partial charge in [0.1, 0.15) is 11.4 Å². The fourth-order valence-electron chi connectivity index (χ4n) is 3.87. The second kappa shape index (κ2) is 9.73. The molecule has 28 heavy (non-hydrogen) atoms. The number of aromatic nitrogens is 1. The van der Waals surface area contributed by atoms with Crippen LogP contribution in [0, 0.1) is 5.92 Å². The maximum atomic E-state index is 13.1. The van der Waals surface area contributed by atoms with Crippen molar-refractivity contribution in [2.75, 3.05) is 18.0 Å². The molecule has 0 aromatic carbocycles. The summed E-state index contributed by atoms with van der Waals surface area (Å²) >= 11 is 0. The summed E-state index contributed by atoms with van der Waals surface area (Å²) in [6, 6.07) is 4.45. The van der Waals surface area contributed by atoms with E-state index in [2.05, 4.69) is 43.6 Å². The summed E-state index contributed by atoms with van der Waals surface area (Å²) in [5.41, 5.74) is 0.612. The molecule has 0 unspecified atom stereocenters. The minimum Gasteiger partial charge on any atom is -0.443 e. The van der Waals surface area contributed by atoms with Crippen LogP contribution in [0.3, 0.4) is 0 Å². The Morgan fingerprint density at radius 3 is 2.64 bits per heavy atom. The molecule has 0 N–H and O–H groups in total. The van der Waals surface area contributed by atoms with E-state index >= 15 is 0 Å². The van der Waals surface area contributed by atoms with E-state index in [1.54, 1.807) is 11.1 Å². The van der Waals surface area contributed by atoms with Crippen LogP contribution < -0.4 is 4.90 Å². The predicted octanol–water partition coefficient (Wildman–Crippen LogP) is 5.80. The third kappa shape index (κ3) is 5.94. The summed E-state index contributed by atoms with van der Waals surface area (Å²) in [6.07, 6.45) is 5.87. The predicted molar refractivity (Wildman–Crippen MR) is 116 cm³/mol. The van der Waals surface area contributed by atoms with Crippen LogP contribution in [0.25, 0.3) is 0 Å². The number of carbonyl (C=O) groups excluding carboxylic acids is 1. The van der Waals surface area contributed by atoms with Gasteiger partial charge in [-0.1, -0.05) is 33.3 Å². The molecule has 1 amide bonds. The molecule has 1 aliphatic heterocycles. The van der Waals surface area contributed by atoms with Crippen molar-refractivity contribution in [2.24, 2.45) is 5.92 Å². The van der Waals surface area contributed by atoms with Crippen molar-refractivity contribution in [3.8, 4) is 0 Å². The van der Waals surface area contributed by atoms with Gasteiger partial charge in [-0.3, -0.25) is 9.80 Å². The van der Waals surface area contributed by atoms with Crippen LogP contribution in [0.15, 0.2) is 18.3 Å². The third-order valence-electron chi connectivity index (χ3n) is 5.24. The summed E-state index contributed by atoms with van der Waals surface area (Å²) in [6.45, 7) is 16.6. The number of carbonyl (C=O) groups is 1. The quantitative estimate of drug-likeness (QED) is 0.616. The van der Waals surface area contributed by atoms with Crippen molar-refractivity contribution in [2.45, 2.75) is 91.8 Å². The second-order valence-electron chi connectivity index (χ2n) is 9.42. The van der Waals surface area contributed by atoms with E-state index in [9.17, 15) is 4.79 Å². The molecule has 0 aliphatic carbocycles. The van der Waals surface area contributed by atoms with Crippen molar-refractivity contribution >= 4 is 11.9 Å². The topological polar surface area (TPSA) is 45.7 Å². The first kappa shape index (κ1) is 22.7. The van der Waals surface area contributed by atoms with Gasteiger partial charge in [-0.15, -0.1) is 0 Å². The number of rotatable bonds is 6. The monoisotopic (exact) mass is 389 g/mol. The first-order valence-corrected chi connectivity index (χ1v) is 10.8. The molecule has 0 spiro atoms. The first-order chi connectivity index (χ1) is 13.1. The van der Waals surface area contributed by atoms with Crippen LogP contribution in [0.2, 0.25) is 0 Å². The van der Waals surface area contributed by atoms with Gasteiger partial charge in [0.2, 0.25) is 0 Å². The average Bonchev–Trinajstić information content (AvgIpc) is 2.61. The maximum Gasteiger partial charge on any atom is 0.416 e. The first-order valence-electron chi connectivity index (χ1n) is 10.8. The lowest BCUT2D eigenvalue weighted by atomic mass is 9.94. The molecule has 1 fully saturated rings. The lowest BCUT2D eigenvalue weighted by Gasteiger charge is -2.39. The van der Waals surface area contributed by atoms with Crippen LogP contribution in [-0.4, -0.2) is 40.7 Å². The second-order valence-corrected chi connectivity index (χ2v) is 9.42. The minimum absolute atomic E-state index is 0.0191. The van der Waals surface area contributed by atoms with Gasteiger partial charge in [-0.05, 0) is 65.5 Å².